The highest BCUT2D eigenvalue weighted by Crippen LogP contribution is 2.60. The first-order chi connectivity index (χ1) is 36.7. The quantitative estimate of drug-likeness (QED) is 0.129. The molecule has 74 heavy (non-hydrogen) atoms. The number of anilines is 6. The molecule has 0 aliphatic carbocycles. The Morgan fingerprint density at radius 3 is 1.05 bits per heavy atom. The Morgan fingerprint density at radius 1 is 0.230 bits per heavy atom. The van der Waals surface area contributed by atoms with Crippen molar-refractivity contribution < 1.29 is 9.47 Å². The van der Waals surface area contributed by atoms with Gasteiger partial charge in [-0.2, -0.15) is 0 Å². The van der Waals surface area contributed by atoms with Gasteiger partial charge >= 0.3 is 0 Å². The van der Waals surface area contributed by atoms with E-state index in [0.29, 0.717) is 23.0 Å². The maximum atomic E-state index is 7.24. The Bertz CT molecular complexity index is 3920. The molecular weight excluding hydrogens is 901 g/mol. The molecule has 0 spiro atoms. The fourth-order valence-electron chi connectivity index (χ4n) is 10.4. The lowest BCUT2D eigenvalue weighted by atomic mass is 9.93. The van der Waals surface area contributed by atoms with E-state index in [1.807, 2.05) is 24.3 Å². The van der Waals surface area contributed by atoms with Crippen LogP contribution in [0, 0.1) is 0 Å². The van der Waals surface area contributed by atoms with Crippen molar-refractivity contribution >= 4 is 44.9 Å². The molecule has 4 nitrogen and oxygen atoms in total. The Morgan fingerprint density at radius 2 is 0.568 bits per heavy atom. The summed E-state index contributed by atoms with van der Waals surface area (Å²) in [4.78, 5) is 4.71. The monoisotopic (exact) mass is 948 g/mol. The molecule has 12 aromatic rings. The predicted octanol–water partition coefficient (Wildman–Crippen LogP) is 20.0. The second-order valence-electron chi connectivity index (χ2n) is 18.4. The molecule has 0 radical (unpaired) electrons. The smallest absolute Gasteiger partial charge is 0.195 e. The number of nitrogens with zero attached hydrogens (tertiary/aromatic N) is 2. The van der Waals surface area contributed by atoms with Crippen LogP contribution < -0.4 is 19.3 Å². The van der Waals surface area contributed by atoms with Gasteiger partial charge in [0.15, 0.2) is 23.0 Å². The van der Waals surface area contributed by atoms with Gasteiger partial charge in [-0.05, 0) is 105 Å². The zero-order valence-electron chi connectivity index (χ0n) is 40.4. The largest absolute Gasteiger partial charge is 0.449 e. The molecule has 0 N–H and O–H groups in total. The fourth-order valence-corrected chi connectivity index (χ4v) is 10.4. The Kier molecular flexibility index (Phi) is 11.5. The number of hydrogen-bond acceptors (Lipinski definition) is 4. The summed E-state index contributed by atoms with van der Waals surface area (Å²) in [7, 11) is 0. The van der Waals surface area contributed by atoms with Gasteiger partial charge in [0.2, 0.25) is 0 Å². The van der Waals surface area contributed by atoms with Gasteiger partial charge in [0.1, 0.15) is 5.69 Å². The molecule has 1 aliphatic heterocycles. The molecule has 0 bridgehead atoms. The van der Waals surface area contributed by atoms with Crippen LogP contribution in [-0.2, 0) is 0 Å². The van der Waals surface area contributed by atoms with Crippen LogP contribution in [-0.4, -0.2) is 0 Å². The van der Waals surface area contributed by atoms with Crippen LogP contribution in [0.3, 0.4) is 0 Å². The maximum absolute atomic E-state index is 7.24. The molecule has 12 aromatic carbocycles. The van der Waals surface area contributed by atoms with E-state index in [2.05, 4.69) is 277 Å². The highest BCUT2D eigenvalue weighted by atomic mass is 16.6. The van der Waals surface area contributed by atoms with Crippen LogP contribution in [0.25, 0.3) is 66.4 Å². The van der Waals surface area contributed by atoms with Crippen LogP contribution in [0.1, 0.15) is 0 Å². The third-order valence-electron chi connectivity index (χ3n) is 13.9. The molecular formula is C70H48N2O2. The minimum atomic E-state index is 0.633. The number of ether oxygens (including phenoxy) is 2. The predicted molar refractivity (Wildman–Crippen MR) is 307 cm³/mol. The topological polar surface area (TPSA) is 24.9 Å². The van der Waals surface area contributed by atoms with E-state index in [1.165, 1.54) is 5.56 Å². The minimum absolute atomic E-state index is 0.633. The molecule has 0 atom stereocenters. The van der Waals surface area contributed by atoms with E-state index in [9.17, 15) is 0 Å². The summed E-state index contributed by atoms with van der Waals surface area (Å²) in [6.07, 6.45) is 0. The first-order valence-electron chi connectivity index (χ1n) is 25.1. The van der Waals surface area contributed by atoms with Crippen molar-refractivity contribution in [3.05, 3.63) is 291 Å². The molecule has 0 saturated heterocycles. The highest BCUT2D eigenvalue weighted by molar-refractivity contribution is 6.13. The number of para-hydroxylation sites is 4. The Labute approximate surface area is 431 Å². The zero-order valence-corrected chi connectivity index (χ0v) is 40.4. The maximum Gasteiger partial charge on any atom is 0.195 e. The summed E-state index contributed by atoms with van der Waals surface area (Å²) in [5.41, 5.74) is 17.1. The van der Waals surface area contributed by atoms with Gasteiger partial charge in [-0.3, -0.25) is 0 Å². The van der Waals surface area contributed by atoms with Gasteiger partial charge in [0, 0.05) is 39.1 Å². The number of hydrogen-bond donors (Lipinski definition) is 0. The molecule has 4 heteroatoms. The Balaban J connectivity index is 1.01. The number of rotatable bonds is 11. The zero-order chi connectivity index (χ0) is 49.2. The van der Waals surface area contributed by atoms with Crippen molar-refractivity contribution in [3.63, 3.8) is 0 Å². The van der Waals surface area contributed by atoms with Gasteiger partial charge in [-0.1, -0.05) is 231 Å². The van der Waals surface area contributed by atoms with Crippen molar-refractivity contribution in [2.45, 2.75) is 0 Å². The van der Waals surface area contributed by atoms with Crippen molar-refractivity contribution in [1.82, 2.24) is 0 Å². The van der Waals surface area contributed by atoms with Gasteiger partial charge < -0.3 is 19.3 Å². The normalized spacial score (nSPS) is 11.5. The summed E-state index contributed by atoms with van der Waals surface area (Å²) in [6, 6.07) is 103. The van der Waals surface area contributed by atoms with E-state index in [4.69, 9.17) is 9.47 Å². The summed E-state index contributed by atoms with van der Waals surface area (Å²) in [6.45, 7) is 0. The van der Waals surface area contributed by atoms with Crippen LogP contribution in [0.5, 0.6) is 23.0 Å². The number of benzene rings is 12. The first kappa shape index (κ1) is 44.1. The summed E-state index contributed by atoms with van der Waals surface area (Å²) in [5.74, 6) is 2.59. The second kappa shape index (κ2) is 19.4. The molecule has 13 rings (SSSR count). The molecule has 0 saturated carbocycles. The van der Waals surface area contributed by atoms with E-state index in [0.717, 1.165) is 95.0 Å². The van der Waals surface area contributed by atoms with Crippen molar-refractivity contribution in [1.29, 1.82) is 0 Å². The van der Waals surface area contributed by atoms with E-state index >= 15 is 0 Å². The third-order valence-corrected chi connectivity index (χ3v) is 13.9. The van der Waals surface area contributed by atoms with Gasteiger partial charge in [0.05, 0.1) is 11.4 Å². The summed E-state index contributed by atoms with van der Waals surface area (Å²) >= 11 is 0. The van der Waals surface area contributed by atoms with Gasteiger partial charge in [0.25, 0.3) is 0 Å². The second-order valence-corrected chi connectivity index (χ2v) is 18.4. The molecule has 1 aliphatic rings. The van der Waals surface area contributed by atoms with Crippen molar-refractivity contribution in [3.8, 4) is 78.6 Å². The van der Waals surface area contributed by atoms with E-state index < -0.39 is 0 Å². The third kappa shape index (κ3) is 8.20. The van der Waals surface area contributed by atoms with Crippen molar-refractivity contribution in [2.75, 3.05) is 9.80 Å². The fraction of sp³-hybridized carbons (Fsp3) is 0. The van der Waals surface area contributed by atoms with Crippen LogP contribution in [0.4, 0.5) is 34.1 Å². The lowest BCUT2D eigenvalue weighted by Crippen LogP contribution is -2.15. The minimum Gasteiger partial charge on any atom is -0.449 e. The molecule has 1 heterocycles. The molecule has 0 amide bonds. The molecule has 0 fully saturated rings. The van der Waals surface area contributed by atoms with Gasteiger partial charge in [-0.15, -0.1) is 0 Å². The molecule has 0 aromatic heterocycles. The Hall–Kier alpha value is -9.90. The summed E-state index contributed by atoms with van der Waals surface area (Å²) in [5, 5.41) is 2.04. The van der Waals surface area contributed by atoms with Gasteiger partial charge in [-0.25, -0.2) is 0 Å². The number of fused-ring (bicyclic) bond motifs is 3. The van der Waals surface area contributed by atoms with Crippen LogP contribution >= 0.6 is 0 Å². The SMILES string of the molecule is c1ccc(-c2ccc(N(c3ccc(-c4c5c(c(N(c6ccc(-c7ccccc7)cc6)c6ccccc6-c6ccccc6)c6ccccc46)Oc4ccccc4O5)cc3)c3ccccc3-c3ccccc3)cc2)cc1. The van der Waals surface area contributed by atoms with E-state index in [-0.39, 0.29) is 0 Å². The first-order valence-corrected chi connectivity index (χ1v) is 25.1. The molecule has 350 valence electrons. The summed E-state index contributed by atoms with van der Waals surface area (Å²) < 4.78 is 14.4. The lowest BCUT2D eigenvalue weighted by molar-refractivity contribution is 0.362. The van der Waals surface area contributed by atoms with Crippen LogP contribution in [0.2, 0.25) is 0 Å². The van der Waals surface area contributed by atoms with Crippen LogP contribution in [0.15, 0.2) is 291 Å². The van der Waals surface area contributed by atoms with Crippen molar-refractivity contribution in [2.24, 2.45) is 0 Å². The average molecular weight is 949 g/mol. The lowest BCUT2D eigenvalue weighted by Gasteiger charge is -2.34. The van der Waals surface area contributed by atoms with E-state index in [1.54, 1.807) is 0 Å². The average Bonchev–Trinajstić information content (AvgIpc) is 3.52. The highest BCUT2D eigenvalue weighted by Gasteiger charge is 2.33. The standard InChI is InChI=1S/C70H48N2O2/c1-5-21-49(22-6-1)51-37-43-56(44-38-51)71(63-33-17-15-29-59(63)53-25-9-3-10-26-53)57-47-41-55(42-48-57)67-61-31-13-14-32-62(61)68(70-69(67)73-65-35-19-20-36-66(65)74-70)72(58-45-39-52(40-46-58)50-23-7-2-8-24-50)64-34-18-16-30-60(64)54-27-11-4-12-28-54/h1-48H. The molecule has 0 unspecified atom stereocenters.